The lowest BCUT2D eigenvalue weighted by molar-refractivity contribution is 0.415. The van der Waals surface area contributed by atoms with Gasteiger partial charge in [-0.05, 0) is 30.2 Å². The van der Waals surface area contributed by atoms with Crippen molar-refractivity contribution in [2.24, 2.45) is 5.73 Å². The van der Waals surface area contributed by atoms with Gasteiger partial charge in [-0.3, -0.25) is 0 Å². The second-order valence-electron chi connectivity index (χ2n) is 3.67. The molecule has 0 saturated heterocycles. The van der Waals surface area contributed by atoms with Gasteiger partial charge in [0.2, 0.25) is 0 Å². The number of nitrogens with one attached hydrogen (secondary N) is 1. The van der Waals surface area contributed by atoms with Gasteiger partial charge in [0.05, 0.1) is 7.11 Å². The molecular formula is C12H16N2O. The van der Waals surface area contributed by atoms with Crippen molar-refractivity contribution in [2.75, 3.05) is 7.11 Å². The third-order valence-electron chi connectivity index (χ3n) is 2.76. The quantitative estimate of drug-likeness (QED) is 0.807. The molecule has 80 valence electrons. The molecule has 3 heteroatoms. The van der Waals surface area contributed by atoms with Crippen LogP contribution in [0.5, 0.6) is 5.75 Å². The van der Waals surface area contributed by atoms with Crippen LogP contribution in [0.15, 0.2) is 24.4 Å². The molecule has 2 aromatic rings. The minimum Gasteiger partial charge on any atom is -0.497 e. The number of hydrogen-bond acceptors (Lipinski definition) is 2. The van der Waals surface area contributed by atoms with Crippen LogP contribution in [0.1, 0.15) is 24.9 Å². The Bertz CT molecular complexity index is 462. The molecule has 1 aromatic carbocycles. The van der Waals surface area contributed by atoms with Gasteiger partial charge in [-0.2, -0.15) is 0 Å². The molecule has 0 spiro atoms. The van der Waals surface area contributed by atoms with Gasteiger partial charge in [-0.1, -0.05) is 6.92 Å². The highest BCUT2D eigenvalue weighted by Crippen LogP contribution is 2.27. The molecule has 3 nitrogen and oxygen atoms in total. The first-order valence-electron chi connectivity index (χ1n) is 5.17. The van der Waals surface area contributed by atoms with E-state index in [4.69, 9.17) is 10.5 Å². The Labute approximate surface area is 89.2 Å². The molecule has 0 unspecified atom stereocenters. The summed E-state index contributed by atoms with van der Waals surface area (Å²) in [6.07, 6.45) is 2.92. The molecular weight excluding hydrogens is 188 g/mol. The maximum Gasteiger partial charge on any atom is 0.119 e. The third kappa shape index (κ3) is 1.70. The average Bonchev–Trinajstić information content (AvgIpc) is 2.70. The minimum atomic E-state index is 0.0888. The number of methoxy groups -OCH3 is 1. The van der Waals surface area contributed by atoms with E-state index in [9.17, 15) is 0 Å². The number of aromatic nitrogens is 1. The number of fused-ring (bicyclic) bond motifs is 1. The summed E-state index contributed by atoms with van der Waals surface area (Å²) in [5.74, 6) is 0.867. The normalized spacial score (nSPS) is 13.0. The molecule has 15 heavy (non-hydrogen) atoms. The van der Waals surface area contributed by atoms with Gasteiger partial charge in [-0.25, -0.2) is 0 Å². The fourth-order valence-electron chi connectivity index (χ4n) is 1.77. The van der Waals surface area contributed by atoms with Crippen molar-refractivity contribution in [3.05, 3.63) is 30.0 Å². The van der Waals surface area contributed by atoms with Crippen molar-refractivity contribution in [1.29, 1.82) is 0 Å². The third-order valence-corrected chi connectivity index (χ3v) is 2.76. The van der Waals surface area contributed by atoms with Crippen LogP contribution in [0.3, 0.4) is 0 Å². The van der Waals surface area contributed by atoms with Gasteiger partial charge >= 0.3 is 0 Å². The van der Waals surface area contributed by atoms with Crippen molar-refractivity contribution in [3.8, 4) is 5.75 Å². The van der Waals surface area contributed by atoms with E-state index in [0.29, 0.717) is 0 Å². The summed E-state index contributed by atoms with van der Waals surface area (Å²) in [4.78, 5) is 3.22. The number of rotatable bonds is 3. The number of benzene rings is 1. The van der Waals surface area contributed by atoms with E-state index >= 15 is 0 Å². The molecule has 0 fully saturated rings. The molecule has 1 heterocycles. The van der Waals surface area contributed by atoms with E-state index in [-0.39, 0.29) is 6.04 Å². The fourth-order valence-corrected chi connectivity index (χ4v) is 1.77. The van der Waals surface area contributed by atoms with Crippen LogP contribution in [0, 0.1) is 0 Å². The van der Waals surface area contributed by atoms with Crippen molar-refractivity contribution in [1.82, 2.24) is 4.98 Å². The molecule has 2 rings (SSSR count). The van der Waals surface area contributed by atoms with Crippen LogP contribution in [0.4, 0.5) is 0 Å². The molecule has 0 aliphatic rings. The van der Waals surface area contributed by atoms with Gasteiger partial charge in [0.1, 0.15) is 5.75 Å². The Hall–Kier alpha value is -1.48. The smallest absolute Gasteiger partial charge is 0.119 e. The van der Waals surface area contributed by atoms with E-state index in [1.54, 1.807) is 7.11 Å². The molecule has 3 N–H and O–H groups in total. The van der Waals surface area contributed by atoms with Gasteiger partial charge in [0.15, 0.2) is 0 Å². The Kier molecular flexibility index (Phi) is 2.64. The molecule has 0 aliphatic heterocycles. The zero-order valence-electron chi connectivity index (χ0n) is 9.08. The van der Waals surface area contributed by atoms with Crippen molar-refractivity contribution in [2.45, 2.75) is 19.4 Å². The monoisotopic (exact) mass is 204 g/mol. The second-order valence-corrected chi connectivity index (χ2v) is 3.67. The number of aromatic amines is 1. The lowest BCUT2D eigenvalue weighted by atomic mass is 10.0. The molecule has 0 bridgehead atoms. The zero-order chi connectivity index (χ0) is 10.8. The summed E-state index contributed by atoms with van der Waals surface area (Å²) in [7, 11) is 1.67. The van der Waals surface area contributed by atoms with E-state index in [1.165, 1.54) is 0 Å². The first-order valence-corrected chi connectivity index (χ1v) is 5.17. The van der Waals surface area contributed by atoms with Crippen molar-refractivity contribution in [3.63, 3.8) is 0 Å². The molecule has 1 aromatic heterocycles. The van der Waals surface area contributed by atoms with Gasteiger partial charge in [0, 0.05) is 23.1 Å². The standard InChI is InChI=1S/C12H16N2O/c1-3-11(13)10-7-14-12-5-4-8(15-2)6-9(10)12/h4-7,11,14H,3,13H2,1-2H3/t11-/m0/s1. The summed E-state index contributed by atoms with van der Waals surface area (Å²) in [6.45, 7) is 2.09. The summed E-state index contributed by atoms with van der Waals surface area (Å²) >= 11 is 0. The van der Waals surface area contributed by atoms with Crippen LogP contribution in [-0.4, -0.2) is 12.1 Å². The predicted octanol–water partition coefficient (Wildman–Crippen LogP) is 2.59. The zero-order valence-corrected chi connectivity index (χ0v) is 9.08. The number of ether oxygens (including phenoxy) is 1. The molecule has 0 amide bonds. The highest BCUT2D eigenvalue weighted by atomic mass is 16.5. The van der Waals surface area contributed by atoms with E-state index in [1.807, 2.05) is 24.4 Å². The average molecular weight is 204 g/mol. The molecule has 1 atom stereocenters. The second kappa shape index (κ2) is 3.95. The highest BCUT2D eigenvalue weighted by Gasteiger charge is 2.10. The van der Waals surface area contributed by atoms with E-state index in [2.05, 4.69) is 11.9 Å². The molecule has 0 aliphatic carbocycles. The lowest BCUT2D eigenvalue weighted by Gasteiger charge is -2.07. The number of H-pyrrole nitrogens is 1. The fraction of sp³-hybridized carbons (Fsp3) is 0.333. The van der Waals surface area contributed by atoms with Gasteiger partial charge in [0.25, 0.3) is 0 Å². The maximum atomic E-state index is 6.04. The van der Waals surface area contributed by atoms with E-state index in [0.717, 1.165) is 28.6 Å². The van der Waals surface area contributed by atoms with E-state index < -0.39 is 0 Å². The largest absolute Gasteiger partial charge is 0.497 e. The summed E-state index contributed by atoms with van der Waals surface area (Å²) in [6, 6.07) is 6.07. The van der Waals surface area contributed by atoms with Crippen molar-refractivity contribution >= 4 is 10.9 Å². The summed E-state index contributed by atoms with van der Waals surface area (Å²) < 4.78 is 5.21. The van der Waals surface area contributed by atoms with Crippen LogP contribution in [0.2, 0.25) is 0 Å². The Morgan fingerprint density at radius 1 is 1.47 bits per heavy atom. The topological polar surface area (TPSA) is 51.0 Å². The van der Waals surface area contributed by atoms with Crippen molar-refractivity contribution < 1.29 is 4.74 Å². The first-order chi connectivity index (χ1) is 7.26. The van der Waals surface area contributed by atoms with Crippen LogP contribution < -0.4 is 10.5 Å². The number of nitrogens with two attached hydrogens (primary N) is 1. The van der Waals surface area contributed by atoms with Gasteiger partial charge < -0.3 is 15.5 Å². The SMILES string of the molecule is CC[C@H](N)c1c[nH]c2ccc(OC)cc12. The predicted molar refractivity (Wildman–Crippen MR) is 62.1 cm³/mol. The highest BCUT2D eigenvalue weighted by molar-refractivity contribution is 5.85. The van der Waals surface area contributed by atoms with Gasteiger partial charge in [-0.15, -0.1) is 0 Å². The summed E-state index contributed by atoms with van der Waals surface area (Å²) in [5, 5.41) is 1.16. The Morgan fingerprint density at radius 3 is 2.93 bits per heavy atom. The van der Waals surface area contributed by atoms with Crippen LogP contribution >= 0.6 is 0 Å². The Balaban J connectivity index is 2.56. The van der Waals surface area contributed by atoms with Crippen LogP contribution in [-0.2, 0) is 0 Å². The minimum absolute atomic E-state index is 0.0888. The summed E-state index contributed by atoms with van der Waals surface area (Å²) in [5.41, 5.74) is 8.30. The molecule has 0 saturated carbocycles. The maximum absolute atomic E-state index is 6.04. The Morgan fingerprint density at radius 2 is 2.27 bits per heavy atom. The lowest BCUT2D eigenvalue weighted by Crippen LogP contribution is -2.07. The first kappa shape index (κ1) is 10.1. The number of hydrogen-bond donors (Lipinski definition) is 2. The van der Waals surface area contributed by atoms with Crippen LogP contribution in [0.25, 0.3) is 10.9 Å². The molecule has 0 radical (unpaired) electrons.